The Hall–Kier alpha value is -0.870. The van der Waals surface area contributed by atoms with Crippen LogP contribution in [0.5, 0.6) is 0 Å². The fourth-order valence-corrected chi connectivity index (χ4v) is 4.89. The molecule has 0 amide bonds. The molecule has 1 aromatic rings. The van der Waals surface area contributed by atoms with Gasteiger partial charge in [-0.1, -0.05) is 13.3 Å². The van der Waals surface area contributed by atoms with Crippen molar-refractivity contribution in [3.05, 3.63) is 18.5 Å². The summed E-state index contributed by atoms with van der Waals surface area (Å²) < 4.78 is 42.8. The molecule has 0 aromatic carbocycles. The standard InChI is InChI=1S/C17H28N2O5S2/c1-2-3-7-22-8-9-23-10-11-24-12-14-26(20,21)19-6-13-25-17-4-5-18-15-16(17)19/h4-5,15H,2-3,6-14H2,1H3. The minimum atomic E-state index is -3.41. The molecule has 0 N–H and O–H groups in total. The van der Waals surface area contributed by atoms with Crippen LogP contribution in [0.2, 0.25) is 0 Å². The van der Waals surface area contributed by atoms with Gasteiger partial charge in [0, 0.05) is 30.0 Å². The molecule has 0 unspecified atom stereocenters. The topological polar surface area (TPSA) is 78.0 Å². The normalized spacial score (nSPS) is 14.4. The first-order valence-electron chi connectivity index (χ1n) is 8.95. The Labute approximate surface area is 160 Å². The van der Waals surface area contributed by atoms with Crippen molar-refractivity contribution in [2.45, 2.75) is 24.7 Å². The van der Waals surface area contributed by atoms with Gasteiger partial charge in [-0.2, -0.15) is 0 Å². The molecule has 9 heteroatoms. The predicted octanol–water partition coefficient (Wildman–Crippen LogP) is 2.17. The molecule has 0 bridgehead atoms. The molecule has 0 spiro atoms. The second kappa shape index (κ2) is 11.8. The molecule has 1 aliphatic rings. The van der Waals surface area contributed by atoms with Crippen molar-refractivity contribution in [1.82, 2.24) is 4.98 Å². The molecule has 148 valence electrons. The SMILES string of the molecule is CCCCOCCOCCOCCS(=O)(=O)N1CCSc2ccncc21. The molecule has 1 aromatic heterocycles. The summed E-state index contributed by atoms with van der Waals surface area (Å²) in [6, 6.07) is 1.85. The fourth-order valence-electron chi connectivity index (χ4n) is 2.39. The second-order valence-electron chi connectivity index (χ2n) is 5.77. The third-order valence-corrected chi connectivity index (χ3v) is 6.57. The Bertz CT molecular complexity index is 627. The van der Waals surface area contributed by atoms with Crippen molar-refractivity contribution in [2.75, 3.05) is 62.0 Å². The van der Waals surface area contributed by atoms with Crippen LogP contribution in [-0.2, 0) is 24.2 Å². The van der Waals surface area contributed by atoms with Crippen LogP contribution >= 0.6 is 11.8 Å². The third-order valence-electron chi connectivity index (χ3n) is 3.79. The number of sulfonamides is 1. The maximum absolute atomic E-state index is 12.6. The van der Waals surface area contributed by atoms with Gasteiger partial charge < -0.3 is 14.2 Å². The Morgan fingerprint density at radius 3 is 2.54 bits per heavy atom. The van der Waals surface area contributed by atoms with Crippen LogP contribution in [0.4, 0.5) is 5.69 Å². The third kappa shape index (κ3) is 7.03. The average molecular weight is 405 g/mol. The Kier molecular flexibility index (Phi) is 9.69. The Morgan fingerprint density at radius 1 is 1.12 bits per heavy atom. The van der Waals surface area contributed by atoms with E-state index in [0.29, 0.717) is 38.7 Å². The van der Waals surface area contributed by atoms with Crippen molar-refractivity contribution in [1.29, 1.82) is 0 Å². The molecule has 0 aliphatic carbocycles. The van der Waals surface area contributed by atoms with Crippen molar-refractivity contribution in [3.8, 4) is 0 Å². The lowest BCUT2D eigenvalue weighted by Crippen LogP contribution is -2.38. The summed E-state index contributed by atoms with van der Waals surface area (Å²) in [7, 11) is -3.41. The molecule has 0 atom stereocenters. The number of nitrogens with zero attached hydrogens (tertiary/aromatic N) is 2. The summed E-state index contributed by atoms with van der Waals surface area (Å²) in [6.45, 7) is 5.42. The lowest BCUT2D eigenvalue weighted by molar-refractivity contribution is 0.0167. The van der Waals surface area contributed by atoms with Crippen LogP contribution < -0.4 is 4.31 Å². The number of unbranched alkanes of at least 4 members (excludes halogenated alkanes) is 1. The molecule has 0 saturated heterocycles. The van der Waals surface area contributed by atoms with Crippen molar-refractivity contribution >= 4 is 27.5 Å². The van der Waals surface area contributed by atoms with Gasteiger partial charge in [0.1, 0.15) is 0 Å². The van der Waals surface area contributed by atoms with Gasteiger partial charge in [-0.25, -0.2) is 8.42 Å². The molecule has 7 nitrogen and oxygen atoms in total. The van der Waals surface area contributed by atoms with Gasteiger partial charge in [-0.15, -0.1) is 11.8 Å². The number of rotatable bonds is 13. The van der Waals surface area contributed by atoms with Crippen LogP contribution in [0.25, 0.3) is 0 Å². The molecule has 2 rings (SSSR count). The highest BCUT2D eigenvalue weighted by Gasteiger charge is 2.27. The molecular weight excluding hydrogens is 376 g/mol. The quantitative estimate of drug-likeness (QED) is 0.466. The van der Waals surface area contributed by atoms with Gasteiger partial charge >= 0.3 is 0 Å². The van der Waals surface area contributed by atoms with Gasteiger partial charge in [-0.05, 0) is 12.5 Å². The number of hydrogen-bond donors (Lipinski definition) is 0. The number of ether oxygens (including phenoxy) is 3. The highest BCUT2D eigenvalue weighted by molar-refractivity contribution is 8.00. The van der Waals surface area contributed by atoms with E-state index >= 15 is 0 Å². The zero-order chi connectivity index (χ0) is 18.7. The maximum atomic E-state index is 12.6. The summed E-state index contributed by atoms with van der Waals surface area (Å²) in [5.41, 5.74) is 0.662. The molecule has 2 heterocycles. The van der Waals surface area contributed by atoms with Crippen molar-refractivity contribution < 1.29 is 22.6 Å². The number of anilines is 1. The van der Waals surface area contributed by atoms with E-state index in [0.717, 1.165) is 30.1 Å². The lowest BCUT2D eigenvalue weighted by Gasteiger charge is -2.29. The lowest BCUT2D eigenvalue weighted by atomic mass is 10.4. The van der Waals surface area contributed by atoms with Gasteiger partial charge in [0.2, 0.25) is 10.0 Å². The van der Waals surface area contributed by atoms with Crippen LogP contribution in [0, 0.1) is 0 Å². The fraction of sp³-hybridized carbons (Fsp3) is 0.706. The monoisotopic (exact) mass is 404 g/mol. The van der Waals surface area contributed by atoms with E-state index < -0.39 is 10.0 Å². The maximum Gasteiger partial charge on any atom is 0.237 e. The number of aromatic nitrogens is 1. The van der Waals surface area contributed by atoms with E-state index in [1.807, 2.05) is 6.07 Å². The van der Waals surface area contributed by atoms with Crippen molar-refractivity contribution in [3.63, 3.8) is 0 Å². The zero-order valence-corrected chi connectivity index (χ0v) is 16.9. The van der Waals surface area contributed by atoms with Crippen LogP contribution in [0.3, 0.4) is 0 Å². The van der Waals surface area contributed by atoms with E-state index in [1.165, 1.54) is 4.31 Å². The average Bonchev–Trinajstić information content (AvgIpc) is 2.65. The largest absolute Gasteiger partial charge is 0.379 e. The van der Waals surface area contributed by atoms with E-state index in [9.17, 15) is 8.42 Å². The Morgan fingerprint density at radius 2 is 1.81 bits per heavy atom. The summed E-state index contributed by atoms with van der Waals surface area (Å²) in [5.74, 6) is 0.692. The molecular formula is C17H28N2O5S2. The summed E-state index contributed by atoms with van der Waals surface area (Å²) >= 11 is 1.65. The van der Waals surface area contributed by atoms with Gasteiger partial charge in [0.05, 0.1) is 50.7 Å². The van der Waals surface area contributed by atoms with E-state index in [4.69, 9.17) is 14.2 Å². The van der Waals surface area contributed by atoms with Gasteiger partial charge in [-0.3, -0.25) is 9.29 Å². The van der Waals surface area contributed by atoms with Crippen LogP contribution in [-0.4, -0.2) is 71.1 Å². The summed E-state index contributed by atoms with van der Waals surface area (Å²) in [4.78, 5) is 5.00. The van der Waals surface area contributed by atoms with E-state index in [1.54, 1.807) is 24.2 Å². The highest BCUT2D eigenvalue weighted by atomic mass is 32.2. The molecule has 0 saturated carbocycles. The number of thioether (sulfide) groups is 1. The Balaban J connectivity index is 1.61. The van der Waals surface area contributed by atoms with E-state index in [-0.39, 0.29) is 12.4 Å². The van der Waals surface area contributed by atoms with Crippen molar-refractivity contribution in [2.24, 2.45) is 0 Å². The molecule has 0 radical (unpaired) electrons. The van der Waals surface area contributed by atoms with Crippen LogP contribution in [0.1, 0.15) is 19.8 Å². The first kappa shape index (κ1) is 21.4. The molecule has 1 aliphatic heterocycles. The minimum Gasteiger partial charge on any atom is -0.379 e. The minimum absolute atomic E-state index is 0.0495. The zero-order valence-electron chi connectivity index (χ0n) is 15.3. The highest BCUT2D eigenvalue weighted by Crippen LogP contribution is 2.35. The van der Waals surface area contributed by atoms with E-state index in [2.05, 4.69) is 11.9 Å². The number of fused-ring (bicyclic) bond motifs is 1. The van der Waals surface area contributed by atoms with Crippen LogP contribution in [0.15, 0.2) is 23.4 Å². The smallest absolute Gasteiger partial charge is 0.237 e. The number of hydrogen-bond acceptors (Lipinski definition) is 7. The molecule has 0 fully saturated rings. The number of pyridine rings is 1. The first-order valence-corrected chi connectivity index (χ1v) is 11.5. The van der Waals surface area contributed by atoms with Gasteiger partial charge in [0.25, 0.3) is 0 Å². The first-order chi connectivity index (χ1) is 12.6. The predicted molar refractivity (Wildman–Crippen MR) is 103 cm³/mol. The summed E-state index contributed by atoms with van der Waals surface area (Å²) in [5, 5.41) is 0. The molecule has 26 heavy (non-hydrogen) atoms. The summed E-state index contributed by atoms with van der Waals surface area (Å²) in [6.07, 6.45) is 5.47. The van der Waals surface area contributed by atoms with Gasteiger partial charge in [0.15, 0.2) is 0 Å². The second-order valence-corrected chi connectivity index (χ2v) is 8.92.